The van der Waals surface area contributed by atoms with Crippen LogP contribution in [0.5, 0.6) is 0 Å². The quantitative estimate of drug-likeness (QED) is 0.391. The molecule has 0 amide bonds. The van der Waals surface area contributed by atoms with E-state index in [4.69, 9.17) is 4.74 Å². The molecule has 2 atom stereocenters. The summed E-state index contributed by atoms with van der Waals surface area (Å²) in [5, 5.41) is 10.6. The van der Waals surface area contributed by atoms with E-state index >= 15 is 0 Å². The lowest BCUT2D eigenvalue weighted by Gasteiger charge is -2.11. The first-order valence-electron chi connectivity index (χ1n) is 4.94. The Morgan fingerprint density at radius 3 is 2.86 bits per heavy atom. The second kappa shape index (κ2) is 4.93. The van der Waals surface area contributed by atoms with Crippen molar-refractivity contribution < 1.29 is 14.5 Å². The summed E-state index contributed by atoms with van der Waals surface area (Å²) in [6.45, 7) is 2.08. The van der Waals surface area contributed by atoms with Crippen molar-refractivity contribution in [2.75, 3.05) is 6.61 Å². The molecule has 0 aliphatic heterocycles. The van der Waals surface area contributed by atoms with Crippen LogP contribution in [0.25, 0.3) is 0 Å². The molecule has 0 spiro atoms. The molecule has 0 N–H and O–H groups in total. The Hall–Kier alpha value is -1.13. The van der Waals surface area contributed by atoms with Gasteiger partial charge in [-0.15, -0.1) is 0 Å². The Morgan fingerprint density at radius 2 is 2.29 bits per heavy atom. The first-order valence-corrected chi connectivity index (χ1v) is 4.94. The lowest BCUT2D eigenvalue weighted by Crippen LogP contribution is -2.26. The Kier molecular flexibility index (Phi) is 3.85. The predicted molar refractivity (Wildman–Crippen MR) is 49.4 cm³/mol. The van der Waals surface area contributed by atoms with Crippen LogP contribution in [-0.4, -0.2) is 23.5 Å². The molecule has 80 valence electrons. The molecule has 0 radical (unpaired) electrons. The third-order valence-electron chi connectivity index (χ3n) is 2.62. The zero-order valence-electron chi connectivity index (χ0n) is 8.27. The highest BCUT2D eigenvalue weighted by Crippen LogP contribution is 2.30. The van der Waals surface area contributed by atoms with Crippen LogP contribution in [0.3, 0.4) is 0 Å². The van der Waals surface area contributed by atoms with Gasteiger partial charge in [0.25, 0.3) is 0 Å². The SMILES string of the molecule is CCOC(=O)CC1CCCC1[N+](=O)[O-]. The molecule has 1 fully saturated rings. The molecule has 5 nitrogen and oxygen atoms in total. The van der Waals surface area contributed by atoms with Crippen LogP contribution in [0.4, 0.5) is 0 Å². The molecule has 1 saturated carbocycles. The molecule has 1 rings (SSSR count). The number of rotatable bonds is 4. The standard InChI is InChI=1S/C9H15NO4/c1-2-14-9(11)6-7-4-3-5-8(7)10(12)13/h7-8H,2-6H2,1H3. The zero-order chi connectivity index (χ0) is 10.6. The first kappa shape index (κ1) is 10.9. The molecular formula is C9H15NO4. The van der Waals surface area contributed by atoms with Crippen molar-refractivity contribution in [1.29, 1.82) is 0 Å². The number of hydrogen-bond acceptors (Lipinski definition) is 4. The highest BCUT2D eigenvalue weighted by molar-refractivity contribution is 5.69. The van der Waals surface area contributed by atoms with E-state index < -0.39 is 6.04 Å². The Morgan fingerprint density at radius 1 is 1.57 bits per heavy atom. The van der Waals surface area contributed by atoms with Crippen molar-refractivity contribution >= 4 is 5.97 Å². The van der Waals surface area contributed by atoms with E-state index in [0.717, 1.165) is 12.8 Å². The van der Waals surface area contributed by atoms with Crippen LogP contribution in [0.1, 0.15) is 32.6 Å². The van der Waals surface area contributed by atoms with E-state index in [1.165, 1.54) is 0 Å². The van der Waals surface area contributed by atoms with Gasteiger partial charge in [-0.25, -0.2) is 0 Å². The summed E-state index contributed by atoms with van der Waals surface area (Å²) in [7, 11) is 0. The minimum absolute atomic E-state index is 0.121. The van der Waals surface area contributed by atoms with Crippen LogP contribution in [0, 0.1) is 16.0 Å². The third-order valence-corrected chi connectivity index (χ3v) is 2.62. The fourth-order valence-corrected chi connectivity index (χ4v) is 1.97. The maximum Gasteiger partial charge on any atom is 0.306 e. The molecule has 0 heterocycles. The average Bonchev–Trinajstić information content (AvgIpc) is 2.52. The predicted octanol–water partition coefficient (Wildman–Crippen LogP) is 1.39. The monoisotopic (exact) mass is 201 g/mol. The number of nitrogens with zero attached hydrogens (tertiary/aromatic N) is 1. The highest BCUT2D eigenvalue weighted by atomic mass is 16.6. The average molecular weight is 201 g/mol. The Labute approximate surface area is 82.6 Å². The van der Waals surface area contributed by atoms with Crippen molar-refractivity contribution in [2.24, 2.45) is 5.92 Å². The summed E-state index contributed by atoms with van der Waals surface area (Å²) >= 11 is 0. The lowest BCUT2D eigenvalue weighted by atomic mass is 10.0. The summed E-state index contributed by atoms with van der Waals surface area (Å²) in [5.74, 6) is -0.435. The fourth-order valence-electron chi connectivity index (χ4n) is 1.97. The van der Waals surface area contributed by atoms with Crippen LogP contribution in [0.2, 0.25) is 0 Å². The van der Waals surface area contributed by atoms with Crippen molar-refractivity contribution in [3.63, 3.8) is 0 Å². The molecule has 0 aromatic carbocycles. The van der Waals surface area contributed by atoms with Crippen LogP contribution in [0.15, 0.2) is 0 Å². The van der Waals surface area contributed by atoms with E-state index in [1.54, 1.807) is 6.92 Å². The summed E-state index contributed by atoms with van der Waals surface area (Å²) in [5.41, 5.74) is 0. The highest BCUT2D eigenvalue weighted by Gasteiger charge is 2.37. The number of carbonyl (C=O) groups excluding carboxylic acids is 1. The summed E-state index contributed by atoms with van der Waals surface area (Å²) < 4.78 is 4.77. The van der Waals surface area contributed by atoms with Gasteiger partial charge in [-0.3, -0.25) is 14.9 Å². The van der Waals surface area contributed by atoms with Gasteiger partial charge in [0.05, 0.1) is 13.0 Å². The Balaban J connectivity index is 2.43. The van der Waals surface area contributed by atoms with Gasteiger partial charge in [0.1, 0.15) is 0 Å². The fraction of sp³-hybridized carbons (Fsp3) is 0.889. The maximum absolute atomic E-state index is 11.1. The molecular weight excluding hydrogens is 186 g/mol. The summed E-state index contributed by atoms with van der Waals surface area (Å²) in [6.07, 6.45) is 2.40. The molecule has 1 aliphatic rings. The van der Waals surface area contributed by atoms with Crippen molar-refractivity contribution in [1.82, 2.24) is 0 Å². The van der Waals surface area contributed by atoms with Gasteiger partial charge in [0.2, 0.25) is 6.04 Å². The maximum atomic E-state index is 11.1. The van der Waals surface area contributed by atoms with Crippen LogP contribution >= 0.6 is 0 Å². The number of nitro groups is 1. The largest absolute Gasteiger partial charge is 0.466 e. The van der Waals surface area contributed by atoms with Crippen molar-refractivity contribution in [3.8, 4) is 0 Å². The van der Waals surface area contributed by atoms with Gasteiger partial charge in [-0.05, 0) is 19.8 Å². The second-order valence-electron chi connectivity index (χ2n) is 3.55. The topological polar surface area (TPSA) is 69.4 Å². The smallest absolute Gasteiger partial charge is 0.306 e. The summed E-state index contributed by atoms with van der Waals surface area (Å²) in [4.78, 5) is 21.5. The Bertz CT molecular complexity index is 229. The van der Waals surface area contributed by atoms with Crippen molar-refractivity contribution in [2.45, 2.75) is 38.6 Å². The molecule has 1 aliphatic carbocycles. The molecule has 0 bridgehead atoms. The van der Waals surface area contributed by atoms with Crippen LogP contribution < -0.4 is 0 Å². The lowest BCUT2D eigenvalue weighted by molar-refractivity contribution is -0.528. The minimum Gasteiger partial charge on any atom is -0.466 e. The molecule has 14 heavy (non-hydrogen) atoms. The second-order valence-corrected chi connectivity index (χ2v) is 3.55. The van der Waals surface area contributed by atoms with Gasteiger partial charge < -0.3 is 4.74 Å². The molecule has 2 unspecified atom stereocenters. The van der Waals surface area contributed by atoms with E-state index in [0.29, 0.717) is 13.0 Å². The van der Waals surface area contributed by atoms with Gasteiger partial charge in [0.15, 0.2) is 0 Å². The number of hydrogen-bond donors (Lipinski definition) is 0. The van der Waals surface area contributed by atoms with Crippen LogP contribution in [-0.2, 0) is 9.53 Å². The van der Waals surface area contributed by atoms with Gasteiger partial charge >= 0.3 is 5.97 Å². The minimum atomic E-state index is -0.542. The van der Waals surface area contributed by atoms with Crippen molar-refractivity contribution in [3.05, 3.63) is 10.1 Å². The van der Waals surface area contributed by atoms with E-state index in [1.807, 2.05) is 0 Å². The molecule has 0 saturated heterocycles. The molecule has 0 aromatic rings. The summed E-state index contributed by atoms with van der Waals surface area (Å²) in [6, 6.07) is -0.542. The van der Waals surface area contributed by atoms with Gasteiger partial charge in [-0.2, -0.15) is 0 Å². The number of ether oxygens (including phenoxy) is 1. The number of carbonyl (C=O) groups is 1. The number of esters is 1. The molecule has 5 heteroatoms. The van der Waals surface area contributed by atoms with Gasteiger partial charge in [-0.1, -0.05) is 0 Å². The van der Waals surface area contributed by atoms with E-state index in [-0.39, 0.29) is 23.2 Å². The van der Waals surface area contributed by atoms with Gasteiger partial charge in [0, 0.05) is 17.3 Å². The third kappa shape index (κ3) is 2.68. The van der Waals surface area contributed by atoms with E-state index in [9.17, 15) is 14.9 Å². The molecule has 0 aromatic heterocycles. The zero-order valence-corrected chi connectivity index (χ0v) is 8.27. The first-order chi connectivity index (χ1) is 6.65. The van der Waals surface area contributed by atoms with E-state index in [2.05, 4.69) is 0 Å². The normalized spacial score (nSPS) is 26.1.